The molecule has 0 aromatic carbocycles. The van der Waals surface area contributed by atoms with Crippen molar-refractivity contribution in [3.63, 3.8) is 0 Å². The van der Waals surface area contributed by atoms with Gasteiger partial charge >= 0.3 is 0 Å². The van der Waals surface area contributed by atoms with Crippen molar-refractivity contribution in [3.05, 3.63) is 46.0 Å². The number of rotatable bonds is 4. The van der Waals surface area contributed by atoms with E-state index in [2.05, 4.69) is 4.98 Å². The van der Waals surface area contributed by atoms with Gasteiger partial charge in [0.05, 0.1) is 6.04 Å². The number of hydrogen-bond acceptors (Lipinski definition) is 4. The van der Waals surface area contributed by atoms with Gasteiger partial charge < -0.3 is 0 Å². The Kier molecular flexibility index (Phi) is 4.22. The second-order valence-corrected chi connectivity index (χ2v) is 7.67. The average Bonchev–Trinajstić information content (AvgIpc) is 2.84. The zero-order valence-electron chi connectivity index (χ0n) is 11.4. The van der Waals surface area contributed by atoms with Crippen LogP contribution in [0.25, 0.3) is 0 Å². The molecule has 7 heteroatoms. The second-order valence-electron chi connectivity index (χ2n) is 4.44. The lowest BCUT2D eigenvalue weighted by Crippen LogP contribution is -2.30. The smallest absolute Gasteiger partial charge is 0.241 e. The number of halogens is 1. The van der Waals surface area contributed by atoms with Gasteiger partial charge in [-0.25, -0.2) is 17.8 Å². The summed E-state index contributed by atoms with van der Waals surface area (Å²) in [6.07, 6.45) is 1.27. The zero-order valence-corrected chi connectivity index (χ0v) is 13.0. The fourth-order valence-electron chi connectivity index (χ4n) is 1.76. The number of nitrogens with zero attached hydrogens (tertiary/aromatic N) is 2. The third kappa shape index (κ3) is 2.74. The molecule has 0 aliphatic heterocycles. The molecule has 1 atom stereocenters. The summed E-state index contributed by atoms with van der Waals surface area (Å²) in [4.78, 5) is 5.66. The first-order valence-electron chi connectivity index (χ1n) is 5.99. The van der Waals surface area contributed by atoms with Crippen molar-refractivity contribution < 1.29 is 12.8 Å². The topological polar surface area (TPSA) is 50.3 Å². The molecule has 108 valence electrons. The number of hydrogen-bond donors (Lipinski definition) is 0. The number of thiophene rings is 1. The van der Waals surface area contributed by atoms with E-state index in [-0.39, 0.29) is 6.04 Å². The summed E-state index contributed by atoms with van der Waals surface area (Å²) < 4.78 is 39.6. The standard InChI is InChI=1S/C13H15FN2O2S2/c1-9-6-7-12(19-9)10(2)16(3)20(17,18)13-11(14)5-4-8-15-13/h4-8,10H,1-3H3. The number of aromatic nitrogens is 1. The van der Waals surface area contributed by atoms with E-state index in [1.165, 1.54) is 30.6 Å². The summed E-state index contributed by atoms with van der Waals surface area (Å²) in [5, 5.41) is -0.539. The molecule has 0 aliphatic rings. The summed E-state index contributed by atoms with van der Waals surface area (Å²) in [7, 11) is -2.52. The lowest BCUT2D eigenvalue weighted by molar-refractivity contribution is 0.396. The van der Waals surface area contributed by atoms with E-state index in [4.69, 9.17) is 0 Å². The molecule has 2 heterocycles. The van der Waals surface area contributed by atoms with Gasteiger partial charge in [-0.05, 0) is 38.1 Å². The largest absolute Gasteiger partial charge is 0.263 e. The Morgan fingerprint density at radius 2 is 2.05 bits per heavy atom. The Morgan fingerprint density at radius 1 is 1.35 bits per heavy atom. The Labute approximate surface area is 121 Å². The van der Waals surface area contributed by atoms with Gasteiger partial charge in [0.1, 0.15) is 0 Å². The Bertz CT molecular complexity index is 713. The van der Waals surface area contributed by atoms with Crippen molar-refractivity contribution in [2.24, 2.45) is 0 Å². The summed E-state index contributed by atoms with van der Waals surface area (Å²) in [6, 6.07) is 5.89. The van der Waals surface area contributed by atoms with Gasteiger partial charge in [0.2, 0.25) is 5.03 Å². The van der Waals surface area contributed by atoms with Crippen LogP contribution >= 0.6 is 11.3 Å². The van der Waals surface area contributed by atoms with Crippen LogP contribution in [0.1, 0.15) is 22.7 Å². The molecule has 4 nitrogen and oxygen atoms in total. The molecule has 0 amide bonds. The maximum Gasteiger partial charge on any atom is 0.263 e. The van der Waals surface area contributed by atoms with Gasteiger partial charge in [-0.3, -0.25) is 0 Å². The molecule has 0 fully saturated rings. The second kappa shape index (κ2) is 5.59. The van der Waals surface area contributed by atoms with E-state index in [0.717, 1.165) is 20.1 Å². The van der Waals surface area contributed by atoms with Crippen molar-refractivity contribution in [2.75, 3.05) is 7.05 Å². The molecule has 20 heavy (non-hydrogen) atoms. The third-order valence-corrected chi connectivity index (χ3v) is 6.10. The summed E-state index contributed by atoms with van der Waals surface area (Å²) in [6.45, 7) is 3.72. The van der Waals surface area contributed by atoms with Gasteiger partial charge in [0.25, 0.3) is 10.0 Å². The van der Waals surface area contributed by atoms with Crippen LogP contribution in [0.2, 0.25) is 0 Å². The van der Waals surface area contributed by atoms with E-state index in [1.807, 2.05) is 19.1 Å². The predicted molar refractivity (Wildman–Crippen MR) is 76.6 cm³/mol. The molecule has 2 aromatic heterocycles. The third-order valence-electron chi connectivity index (χ3n) is 3.07. The van der Waals surface area contributed by atoms with Gasteiger partial charge in [-0.1, -0.05) is 0 Å². The fraction of sp³-hybridized carbons (Fsp3) is 0.308. The van der Waals surface area contributed by atoms with Crippen LogP contribution in [-0.4, -0.2) is 24.8 Å². The molecule has 0 aliphatic carbocycles. The minimum absolute atomic E-state index is 0.375. The van der Waals surface area contributed by atoms with Gasteiger partial charge in [-0.15, -0.1) is 11.3 Å². The minimum atomic E-state index is -3.95. The van der Waals surface area contributed by atoms with Crippen molar-refractivity contribution >= 4 is 21.4 Å². The monoisotopic (exact) mass is 314 g/mol. The quantitative estimate of drug-likeness (QED) is 0.872. The maximum absolute atomic E-state index is 13.6. The zero-order chi connectivity index (χ0) is 14.9. The first-order valence-corrected chi connectivity index (χ1v) is 8.24. The van der Waals surface area contributed by atoms with E-state index in [9.17, 15) is 12.8 Å². The van der Waals surface area contributed by atoms with Crippen LogP contribution in [0.5, 0.6) is 0 Å². The molecule has 2 rings (SSSR count). The lowest BCUT2D eigenvalue weighted by Gasteiger charge is -2.23. The number of pyridine rings is 1. The maximum atomic E-state index is 13.6. The molecule has 1 unspecified atom stereocenters. The van der Waals surface area contributed by atoms with Crippen LogP contribution in [0.15, 0.2) is 35.5 Å². The van der Waals surface area contributed by atoms with Crippen molar-refractivity contribution in [1.82, 2.24) is 9.29 Å². The van der Waals surface area contributed by atoms with Gasteiger partial charge in [-0.2, -0.15) is 4.31 Å². The molecule has 0 N–H and O–H groups in total. The molecule has 0 radical (unpaired) electrons. The Morgan fingerprint density at radius 3 is 2.60 bits per heavy atom. The molecular formula is C13H15FN2O2S2. The van der Waals surface area contributed by atoms with Gasteiger partial charge in [0.15, 0.2) is 5.82 Å². The summed E-state index contributed by atoms with van der Waals surface area (Å²) >= 11 is 1.52. The summed E-state index contributed by atoms with van der Waals surface area (Å²) in [5.74, 6) is -0.839. The molecule has 0 bridgehead atoms. The predicted octanol–water partition coefficient (Wildman–Crippen LogP) is 2.97. The Balaban J connectivity index is 2.37. The van der Waals surface area contributed by atoms with Crippen LogP contribution in [0, 0.1) is 12.7 Å². The van der Waals surface area contributed by atoms with Crippen LogP contribution in [0.3, 0.4) is 0 Å². The molecular weight excluding hydrogens is 299 g/mol. The van der Waals surface area contributed by atoms with Crippen LogP contribution in [0.4, 0.5) is 4.39 Å². The average molecular weight is 314 g/mol. The molecule has 2 aromatic rings. The fourth-order valence-corrected chi connectivity index (χ4v) is 4.11. The van der Waals surface area contributed by atoms with E-state index in [0.29, 0.717) is 0 Å². The first-order chi connectivity index (χ1) is 9.34. The normalized spacial score (nSPS) is 13.7. The van der Waals surface area contributed by atoms with Crippen molar-refractivity contribution in [3.8, 4) is 0 Å². The first kappa shape index (κ1) is 15.1. The highest BCUT2D eigenvalue weighted by Crippen LogP contribution is 2.30. The highest BCUT2D eigenvalue weighted by Gasteiger charge is 2.30. The molecule has 0 spiro atoms. The van der Waals surface area contributed by atoms with Crippen molar-refractivity contribution in [2.45, 2.75) is 24.9 Å². The summed E-state index contributed by atoms with van der Waals surface area (Å²) in [5.41, 5.74) is 0. The molecule has 0 saturated heterocycles. The highest BCUT2D eigenvalue weighted by atomic mass is 32.2. The van der Waals surface area contributed by atoms with E-state index in [1.54, 1.807) is 6.92 Å². The molecule has 0 saturated carbocycles. The SMILES string of the molecule is Cc1ccc(C(C)N(C)S(=O)(=O)c2ncccc2F)s1. The minimum Gasteiger partial charge on any atom is -0.241 e. The van der Waals surface area contributed by atoms with Gasteiger partial charge in [0, 0.05) is 23.0 Å². The van der Waals surface area contributed by atoms with Crippen LogP contribution in [-0.2, 0) is 10.0 Å². The van der Waals surface area contributed by atoms with Crippen LogP contribution < -0.4 is 0 Å². The number of aryl methyl sites for hydroxylation is 1. The van der Waals surface area contributed by atoms with Crippen molar-refractivity contribution in [1.29, 1.82) is 0 Å². The highest BCUT2D eigenvalue weighted by molar-refractivity contribution is 7.89. The lowest BCUT2D eigenvalue weighted by atomic mass is 10.3. The van der Waals surface area contributed by atoms with E-state index < -0.39 is 20.9 Å². The Hall–Kier alpha value is -1.31. The number of sulfonamides is 1. The van der Waals surface area contributed by atoms with E-state index >= 15 is 0 Å².